The van der Waals surface area contributed by atoms with Gasteiger partial charge in [0.05, 0.1) is 17.3 Å². The summed E-state index contributed by atoms with van der Waals surface area (Å²) in [7, 11) is 0. The number of aliphatic carboxylic acids is 1. The summed E-state index contributed by atoms with van der Waals surface area (Å²) in [5.41, 5.74) is 1.39. The Morgan fingerprint density at radius 1 is 1.24 bits per heavy atom. The number of hydrogen-bond acceptors (Lipinski definition) is 3. The molecule has 1 aromatic heterocycles. The highest BCUT2D eigenvalue weighted by Crippen LogP contribution is 2.20. The van der Waals surface area contributed by atoms with Crippen molar-refractivity contribution in [2.45, 2.75) is 39.8 Å². The number of carboxylic acids is 1. The van der Waals surface area contributed by atoms with Crippen LogP contribution in [-0.2, 0) is 16.9 Å². The van der Waals surface area contributed by atoms with E-state index in [0.717, 1.165) is 0 Å². The SMILES string of the molecule is Cc1c(C(=O)N(CC(=O)O)Cc2ccc(F)cc2)cnn1C(C)(C)C. The van der Waals surface area contributed by atoms with E-state index < -0.39 is 18.4 Å². The predicted molar refractivity (Wildman–Crippen MR) is 90.7 cm³/mol. The van der Waals surface area contributed by atoms with Crippen molar-refractivity contribution in [1.82, 2.24) is 14.7 Å². The summed E-state index contributed by atoms with van der Waals surface area (Å²) in [6, 6.07) is 5.62. The zero-order valence-corrected chi connectivity index (χ0v) is 14.8. The van der Waals surface area contributed by atoms with Crippen LogP contribution in [-0.4, -0.2) is 38.2 Å². The fourth-order valence-electron chi connectivity index (χ4n) is 2.64. The molecule has 1 aromatic carbocycles. The van der Waals surface area contributed by atoms with Crippen molar-refractivity contribution in [2.75, 3.05) is 6.54 Å². The van der Waals surface area contributed by atoms with Gasteiger partial charge in [0.25, 0.3) is 5.91 Å². The minimum Gasteiger partial charge on any atom is -0.480 e. The maximum Gasteiger partial charge on any atom is 0.323 e. The molecule has 0 unspecified atom stereocenters. The molecule has 7 heteroatoms. The van der Waals surface area contributed by atoms with Crippen LogP contribution in [0.5, 0.6) is 0 Å². The largest absolute Gasteiger partial charge is 0.480 e. The minimum atomic E-state index is -1.11. The molecule has 0 atom stereocenters. The van der Waals surface area contributed by atoms with Gasteiger partial charge in [-0.05, 0) is 45.4 Å². The fourth-order valence-corrected chi connectivity index (χ4v) is 2.64. The molecule has 0 aliphatic carbocycles. The number of amides is 1. The second-order valence-corrected chi connectivity index (χ2v) is 6.91. The van der Waals surface area contributed by atoms with Crippen LogP contribution in [0.25, 0.3) is 0 Å². The summed E-state index contributed by atoms with van der Waals surface area (Å²) < 4.78 is 14.8. The Labute approximate surface area is 145 Å². The van der Waals surface area contributed by atoms with Gasteiger partial charge in [-0.25, -0.2) is 4.39 Å². The van der Waals surface area contributed by atoms with Crippen molar-refractivity contribution in [3.05, 3.63) is 53.1 Å². The molecular weight excluding hydrogens is 325 g/mol. The Kier molecular flexibility index (Phi) is 5.25. The first-order valence-corrected chi connectivity index (χ1v) is 7.90. The third-order valence-corrected chi connectivity index (χ3v) is 3.78. The monoisotopic (exact) mass is 347 g/mol. The Hall–Kier alpha value is -2.70. The summed E-state index contributed by atoms with van der Waals surface area (Å²) in [6.45, 7) is 7.31. The molecule has 0 spiro atoms. The number of carboxylic acid groups (broad SMARTS) is 1. The number of benzene rings is 1. The molecule has 134 valence electrons. The Morgan fingerprint density at radius 3 is 2.32 bits per heavy atom. The van der Waals surface area contributed by atoms with Crippen LogP contribution in [0, 0.1) is 12.7 Å². The van der Waals surface area contributed by atoms with Gasteiger partial charge in [0.1, 0.15) is 12.4 Å². The van der Waals surface area contributed by atoms with Crippen LogP contribution in [0.4, 0.5) is 4.39 Å². The minimum absolute atomic E-state index is 0.0750. The second kappa shape index (κ2) is 7.04. The summed E-state index contributed by atoms with van der Waals surface area (Å²) in [5, 5.41) is 13.4. The highest BCUT2D eigenvalue weighted by atomic mass is 19.1. The smallest absolute Gasteiger partial charge is 0.323 e. The molecule has 0 radical (unpaired) electrons. The Bertz CT molecular complexity index is 776. The van der Waals surface area contributed by atoms with E-state index in [2.05, 4.69) is 5.10 Å². The molecule has 2 aromatic rings. The summed E-state index contributed by atoms with van der Waals surface area (Å²) in [6.07, 6.45) is 1.46. The van der Waals surface area contributed by atoms with E-state index in [-0.39, 0.29) is 17.9 Å². The first-order chi connectivity index (χ1) is 11.6. The van der Waals surface area contributed by atoms with E-state index >= 15 is 0 Å². The molecule has 6 nitrogen and oxygen atoms in total. The molecule has 1 amide bonds. The molecule has 0 bridgehead atoms. The molecule has 0 saturated carbocycles. The third kappa shape index (κ3) is 4.43. The van der Waals surface area contributed by atoms with Crippen LogP contribution in [0.2, 0.25) is 0 Å². The first-order valence-electron chi connectivity index (χ1n) is 7.90. The average Bonchev–Trinajstić information content (AvgIpc) is 2.89. The zero-order chi connectivity index (χ0) is 18.8. The fraction of sp³-hybridized carbons (Fsp3) is 0.389. The maximum absolute atomic E-state index is 13.0. The molecule has 2 rings (SSSR count). The number of nitrogens with zero attached hydrogens (tertiary/aromatic N) is 3. The highest BCUT2D eigenvalue weighted by molar-refractivity contribution is 5.96. The van der Waals surface area contributed by atoms with Gasteiger partial charge in [0.15, 0.2) is 0 Å². The number of rotatable bonds is 5. The van der Waals surface area contributed by atoms with Gasteiger partial charge in [0, 0.05) is 12.2 Å². The van der Waals surface area contributed by atoms with Crippen molar-refractivity contribution in [3.63, 3.8) is 0 Å². The summed E-state index contributed by atoms with van der Waals surface area (Å²) in [4.78, 5) is 25.2. The van der Waals surface area contributed by atoms with Crippen LogP contribution in [0.15, 0.2) is 30.5 Å². The number of carbonyl (C=O) groups excluding carboxylic acids is 1. The lowest BCUT2D eigenvalue weighted by molar-refractivity contribution is -0.137. The summed E-state index contributed by atoms with van der Waals surface area (Å²) in [5.74, 6) is -1.92. The van der Waals surface area contributed by atoms with Crippen molar-refractivity contribution < 1.29 is 19.1 Å². The van der Waals surface area contributed by atoms with Crippen LogP contribution in [0.3, 0.4) is 0 Å². The number of hydrogen-bond donors (Lipinski definition) is 1. The van der Waals surface area contributed by atoms with Crippen molar-refractivity contribution in [3.8, 4) is 0 Å². The van der Waals surface area contributed by atoms with Crippen LogP contribution >= 0.6 is 0 Å². The lowest BCUT2D eigenvalue weighted by Crippen LogP contribution is -2.35. The second-order valence-electron chi connectivity index (χ2n) is 6.91. The lowest BCUT2D eigenvalue weighted by atomic mass is 10.1. The molecule has 1 heterocycles. The van der Waals surface area contributed by atoms with E-state index in [9.17, 15) is 14.0 Å². The van der Waals surface area contributed by atoms with Gasteiger partial charge in [0.2, 0.25) is 0 Å². The maximum atomic E-state index is 13.0. The van der Waals surface area contributed by atoms with Gasteiger partial charge in [-0.15, -0.1) is 0 Å². The van der Waals surface area contributed by atoms with E-state index in [1.54, 1.807) is 11.6 Å². The van der Waals surface area contributed by atoms with Gasteiger partial charge < -0.3 is 10.0 Å². The van der Waals surface area contributed by atoms with Crippen LogP contribution in [0.1, 0.15) is 42.4 Å². The molecule has 0 aliphatic rings. The van der Waals surface area contributed by atoms with Crippen molar-refractivity contribution in [2.24, 2.45) is 0 Å². The van der Waals surface area contributed by atoms with Gasteiger partial charge in [-0.3, -0.25) is 14.3 Å². The van der Waals surface area contributed by atoms with Crippen molar-refractivity contribution in [1.29, 1.82) is 0 Å². The Morgan fingerprint density at radius 2 is 1.84 bits per heavy atom. The van der Waals surface area contributed by atoms with E-state index in [1.807, 2.05) is 20.8 Å². The summed E-state index contributed by atoms with van der Waals surface area (Å²) >= 11 is 0. The zero-order valence-electron chi connectivity index (χ0n) is 14.8. The number of aromatic nitrogens is 2. The van der Waals surface area contributed by atoms with E-state index in [0.29, 0.717) is 16.8 Å². The third-order valence-electron chi connectivity index (χ3n) is 3.78. The topological polar surface area (TPSA) is 75.4 Å². The number of carbonyl (C=O) groups is 2. The van der Waals surface area contributed by atoms with E-state index in [4.69, 9.17) is 5.11 Å². The highest BCUT2D eigenvalue weighted by Gasteiger charge is 2.26. The first kappa shape index (κ1) is 18.6. The van der Waals surface area contributed by atoms with E-state index in [1.165, 1.54) is 35.4 Å². The quantitative estimate of drug-likeness (QED) is 0.902. The van der Waals surface area contributed by atoms with Gasteiger partial charge in [-0.2, -0.15) is 5.10 Å². The normalized spacial score (nSPS) is 11.4. The average molecular weight is 347 g/mol. The molecule has 25 heavy (non-hydrogen) atoms. The van der Waals surface area contributed by atoms with Crippen molar-refractivity contribution >= 4 is 11.9 Å². The molecule has 1 N–H and O–H groups in total. The van der Waals surface area contributed by atoms with Gasteiger partial charge in [-0.1, -0.05) is 12.1 Å². The molecule has 0 aliphatic heterocycles. The molecule has 0 saturated heterocycles. The molecule has 0 fully saturated rings. The number of halogens is 1. The standard InChI is InChI=1S/C18H22FN3O3/c1-12-15(9-20-22(12)18(2,3)4)17(25)21(11-16(23)24)10-13-5-7-14(19)8-6-13/h5-9H,10-11H2,1-4H3,(H,23,24). The Balaban J connectivity index is 2.31. The predicted octanol–water partition coefficient (Wildman–Crippen LogP) is 2.81. The molecular formula is C18H22FN3O3. The van der Waals surface area contributed by atoms with Gasteiger partial charge >= 0.3 is 5.97 Å². The lowest BCUT2D eigenvalue weighted by Gasteiger charge is -2.23. The van der Waals surface area contributed by atoms with Crippen LogP contribution < -0.4 is 0 Å².